The lowest BCUT2D eigenvalue weighted by Gasteiger charge is -2.43. The number of nitrogens with one attached hydrogen (secondary N) is 1. The van der Waals surface area contributed by atoms with Crippen LogP contribution in [0, 0.1) is 0 Å². The summed E-state index contributed by atoms with van der Waals surface area (Å²) >= 11 is 0. The third kappa shape index (κ3) is 15.4. The van der Waals surface area contributed by atoms with Gasteiger partial charge >= 0.3 is 0 Å². The van der Waals surface area contributed by atoms with Gasteiger partial charge in [-0.2, -0.15) is 0 Å². The van der Waals surface area contributed by atoms with Gasteiger partial charge in [-0.05, 0) is 19.3 Å². The van der Waals surface area contributed by atoms with E-state index in [0.29, 0.717) is 26.1 Å². The Hall–Kier alpha value is -0.770. The zero-order valence-corrected chi connectivity index (χ0v) is 23.9. The van der Waals surface area contributed by atoms with E-state index in [2.05, 4.69) is 12.2 Å². The lowest BCUT2D eigenvalue weighted by Crippen LogP contribution is -2.64. The molecule has 1 fully saturated rings. The van der Waals surface area contributed by atoms with E-state index in [9.17, 15) is 20.1 Å². The summed E-state index contributed by atoms with van der Waals surface area (Å²) in [6.07, 6.45) is 15.7. The minimum Gasteiger partial charge on any atom is -0.394 e. The monoisotopic (exact) mass is 531 g/mol. The van der Waals surface area contributed by atoms with E-state index in [1.165, 1.54) is 90.4 Å². The molecule has 2 unspecified atom stereocenters. The van der Waals surface area contributed by atoms with Gasteiger partial charge in [0.25, 0.3) is 0 Å². The van der Waals surface area contributed by atoms with Crippen LogP contribution in [-0.4, -0.2) is 84.7 Å². The second kappa shape index (κ2) is 22.1. The maximum absolute atomic E-state index is 11.6. The summed E-state index contributed by atoms with van der Waals surface area (Å²) in [5.41, 5.74) is 0. The molecule has 8 nitrogen and oxygen atoms in total. The lowest BCUT2D eigenvalue weighted by atomic mass is 9.90. The Morgan fingerprint density at radius 2 is 1.41 bits per heavy atom. The Morgan fingerprint density at radius 1 is 0.865 bits per heavy atom. The number of aliphatic hydroxyl groups excluding tert-OH is 3. The van der Waals surface area contributed by atoms with Crippen molar-refractivity contribution < 1.29 is 34.3 Å². The molecule has 1 saturated heterocycles. The molecule has 1 amide bonds. The van der Waals surface area contributed by atoms with Crippen molar-refractivity contribution in [2.45, 2.75) is 153 Å². The van der Waals surface area contributed by atoms with Gasteiger partial charge in [-0.1, -0.05) is 90.4 Å². The SMILES string of the molecule is CCCCCCCCCCCCCCCCOC[C@H](CC[C@@H]1OC(CO)[C@H](O)[C@H](O)C1NC(C)=O)OC. The van der Waals surface area contributed by atoms with Gasteiger partial charge < -0.3 is 34.8 Å². The van der Waals surface area contributed by atoms with Crippen molar-refractivity contribution in [3.63, 3.8) is 0 Å². The molecular formula is C29H57NO7. The Kier molecular flexibility index (Phi) is 20.5. The molecule has 0 aromatic heterocycles. The number of carbonyl (C=O) groups is 1. The van der Waals surface area contributed by atoms with E-state index in [1.807, 2.05) is 0 Å². The lowest BCUT2D eigenvalue weighted by molar-refractivity contribution is -0.198. The van der Waals surface area contributed by atoms with E-state index >= 15 is 0 Å². The Balaban J connectivity index is 2.11. The van der Waals surface area contributed by atoms with Crippen molar-refractivity contribution in [1.82, 2.24) is 5.32 Å². The molecule has 37 heavy (non-hydrogen) atoms. The van der Waals surface area contributed by atoms with Crippen LogP contribution >= 0.6 is 0 Å². The van der Waals surface area contributed by atoms with Gasteiger partial charge in [0.2, 0.25) is 5.91 Å². The van der Waals surface area contributed by atoms with Crippen molar-refractivity contribution in [1.29, 1.82) is 0 Å². The highest BCUT2D eigenvalue weighted by Crippen LogP contribution is 2.25. The van der Waals surface area contributed by atoms with Gasteiger partial charge in [-0.25, -0.2) is 0 Å². The summed E-state index contributed by atoms with van der Waals surface area (Å²) in [7, 11) is 1.64. The number of ether oxygens (including phenoxy) is 3. The highest BCUT2D eigenvalue weighted by Gasteiger charge is 2.44. The molecule has 6 atom stereocenters. The summed E-state index contributed by atoms with van der Waals surface area (Å²) in [6, 6.07) is -0.746. The predicted molar refractivity (Wildman–Crippen MR) is 147 cm³/mol. The molecule has 0 spiro atoms. The Bertz CT molecular complexity index is 550. The van der Waals surface area contributed by atoms with Crippen LogP contribution in [0.2, 0.25) is 0 Å². The van der Waals surface area contributed by atoms with Gasteiger partial charge in [-0.3, -0.25) is 4.79 Å². The number of amides is 1. The zero-order chi connectivity index (χ0) is 27.3. The topological polar surface area (TPSA) is 117 Å². The molecule has 1 aliphatic heterocycles. The van der Waals surface area contributed by atoms with Crippen molar-refractivity contribution in [2.75, 3.05) is 26.9 Å². The molecule has 0 aliphatic carbocycles. The maximum atomic E-state index is 11.6. The van der Waals surface area contributed by atoms with Gasteiger partial charge in [-0.15, -0.1) is 0 Å². The summed E-state index contributed by atoms with van der Waals surface area (Å²) in [5.74, 6) is -0.313. The Morgan fingerprint density at radius 3 is 1.89 bits per heavy atom. The summed E-state index contributed by atoms with van der Waals surface area (Å²) in [4.78, 5) is 11.6. The highest BCUT2D eigenvalue weighted by molar-refractivity contribution is 5.73. The van der Waals surface area contributed by atoms with E-state index in [-0.39, 0.29) is 12.0 Å². The van der Waals surface area contributed by atoms with Gasteiger partial charge in [0.05, 0.1) is 31.5 Å². The second-order valence-electron chi connectivity index (χ2n) is 10.7. The van der Waals surface area contributed by atoms with Gasteiger partial charge in [0, 0.05) is 20.6 Å². The van der Waals surface area contributed by atoms with Crippen LogP contribution in [0.15, 0.2) is 0 Å². The third-order valence-corrected chi connectivity index (χ3v) is 7.45. The smallest absolute Gasteiger partial charge is 0.217 e. The molecule has 0 bridgehead atoms. The van der Waals surface area contributed by atoms with E-state index < -0.39 is 37.1 Å². The number of rotatable bonds is 23. The maximum Gasteiger partial charge on any atom is 0.217 e. The number of hydrogen-bond acceptors (Lipinski definition) is 7. The summed E-state index contributed by atoms with van der Waals surface area (Å²) in [5, 5.41) is 32.7. The minimum absolute atomic E-state index is 0.134. The van der Waals surface area contributed by atoms with E-state index in [1.54, 1.807) is 7.11 Å². The number of carbonyl (C=O) groups excluding carboxylic acids is 1. The largest absolute Gasteiger partial charge is 0.394 e. The van der Waals surface area contributed by atoms with Crippen LogP contribution in [0.5, 0.6) is 0 Å². The first-order valence-corrected chi connectivity index (χ1v) is 14.9. The highest BCUT2D eigenvalue weighted by atomic mass is 16.5. The predicted octanol–water partition coefficient (Wildman–Crippen LogP) is 4.27. The van der Waals surface area contributed by atoms with Crippen molar-refractivity contribution in [3.8, 4) is 0 Å². The first-order chi connectivity index (χ1) is 17.9. The zero-order valence-electron chi connectivity index (χ0n) is 23.9. The number of hydrogen-bond donors (Lipinski definition) is 4. The minimum atomic E-state index is -1.26. The summed E-state index contributed by atoms with van der Waals surface area (Å²) in [6.45, 7) is 4.41. The van der Waals surface area contributed by atoms with Crippen LogP contribution in [0.1, 0.15) is 117 Å². The number of aliphatic hydroxyl groups is 3. The van der Waals surface area contributed by atoms with Crippen LogP contribution in [0.4, 0.5) is 0 Å². The van der Waals surface area contributed by atoms with Gasteiger partial charge in [0.1, 0.15) is 18.3 Å². The van der Waals surface area contributed by atoms with Crippen molar-refractivity contribution in [3.05, 3.63) is 0 Å². The molecule has 1 heterocycles. The molecule has 0 aromatic rings. The van der Waals surface area contributed by atoms with E-state index in [0.717, 1.165) is 6.42 Å². The molecule has 8 heteroatoms. The van der Waals surface area contributed by atoms with Crippen LogP contribution in [-0.2, 0) is 19.0 Å². The third-order valence-electron chi connectivity index (χ3n) is 7.45. The fraction of sp³-hybridized carbons (Fsp3) is 0.966. The molecule has 1 rings (SSSR count). The average Bonchev–Trinajstić information content (AvgIpc) is 2.89. The van der Waals surface area contributed by atoms with Crippen LogP contribution in [0.25, 0.3) is 0 Å². The number of methoxy groups -OCH3 is 1. The van der Waals surface area contributed by atoms with Crippen LogP contribution < -0.4 is 5.32 Å². The fourth-order valence-electron chi connectivity index (χ4n) is 5.09. The van der Waals surface area contributed by atoms with Crippen LogP contribution in [0.3, 0.4) is 0 Å². The summed E-state index contributed by atoms with van der Waals surface area (Å²) < 4.78 is 17.2. The standard InChI is InChI=1S/C29H57NO7/c1-4-5-6-7-8-9-10-11-12-13-14-15-16-17-20-36-22-24(35-3)18-19-25-27(30-23(2)32)29(34)28(33)26(21-31)37-25/h24-29,31,33-34H,4-22H2,1-3H3,(H,30,32)/t24-,25-,26?,27?,28-,29+/m0/s1. The molecule has 4 N–H and O–H groups in total. The van der Waals surface area contributed by atoms with E-state index in [4.69, 9.17) is 14.2 Å². The number of unbranched alkanes of at least 4 members (excludes halogenated alkanes) is 13. The second-order valence-corrected chi connectivity index (χ2v) is 10.7. The fourth-order valence-corrected chi connectivity index (χ4v) is 5.09. The average molecular weight is 532 g/mol. The molecular weight excluding hydrogens is 474 g/mol. The van der Waals surface area contributed by atoms with Gasteiger partial charge in [0.15, 0.2) is 0 Å². The first kappa shape index (κ1) is 34.3. The van der Waals surface area contributed by atoms with Crippen molar-refractivity contribution >= 4 is 5.91 Å². The first-order valence-electron chi connectivity index (χ1n) is 14.9. The molecule has 1 aliphatic rings. The molecule has 0 aromatic carbocycles. The Labute approximate surface area is 225 Å². The van der Waals surface area contributed by atoms with Crippen molar-refractivity contribution in [2.24, 2.45) is 0 Å². The quantitative estimate of drug-likeness (QED) is 0.146. The molecule has 0 saturated carbocycles. The molecule has 220 valence electrons. The molecule has 0 radical (unpaired) electrons. The normalized spacial score (nSPS) is 24.8.